The van der Waals surface area contributed by atoms with Gasteiger partial charge in [-0.1, -0.05) is 11.8 Å². The largest absolute Gasteiger partial charge is 0.508 e. The minimum absolute atomic E-state index is 0.0164. The van der Waals surface area contributed by atoms with Crippen molar-refractivity contribution in [2.75, 3.05) is 5.75 Å². The molecule has 0 amide bonds. The summed E-state index contributed by atoms with van der Waals surface area (Å²) < 4.78 is 19.0. The number of phenolic OH excluding ortho intramolecular Hbond substituents is 1. The zero-order chi connectivity index (χ0) is 17.1. The van der Waals surface area contributed by atoms with E-state index in [0.29, 0.717) is 33.8 Å². The molecule has 0 aliphatic carbocycles. The van der Waals surface area contributed by atoms with Crippen molar-refractivity contribution in [3.8, 4) is 28.7 Å². The summed E-state index contributed by atoms with van der Waals surface area (Å²) in [6, 6.07) is 6.91. The monoisotopic (exact) mass is 349 g/mol. The summed E-state index contributed by atoms with van der Waals surface area (Å²) in [6.45, 7) is 0. The normalized spacial score (nSPS) is 10.9. The number of aromatic hydroxyl groups is 1. The molecule has 0 radical (unpaired) electrons. The first kappa shape index (κ1) is 16.1. The predicted octanol–water partition coefficient (Wildman–Crippen LogP) is 3.14. The van der Waals surface area contributed by atoms with Gasteiger partial charge in [0.15, 0.2) is 11.6 Å². The van der Waals surface area contributed by atoms with E-state index in [0.717, 1.165) is 6.07 Å². The second kappa shape index (κ2) is 6.75. The Bertz CT molecular complexity index is 857. The first-order valence-corrected chi connectivity index (χ1v) is 7.87. The third-order valence-corrected chi connectivity index (χ3v) is 3.87. The number of nitrogens with one attached hydrogen (secondary N) is 1. The molecule has 24 heavy (non-hydrogen) atoms. The lowest BCUT2D eigenvalue weighted by molar-refractivity contribution is -0.136. The Morgan fingerprint density at radius 3 is 2.83 bits per heavy atom. The number of rotatable bonds is 6. The van der Waals surface area contributed by atoms with Crippen LogP contribution in [-0.2, 0) is 4.79 Å². The van der Waals surface area contributed by atoms with Crippen molar-refractivity contribution in [1.82, 2.24) is 15.2 Å². The van der Waals surface area contributed by atoms with Crippen LogP contribution in [0.1, 0.15) is 6.42 Å². The predicted molar refractivity (Wildman–Crippen MR) is 84.1 cm³/mol. The molecule has 1 aromatic carbocycles. The van der Waals surface area contributed by atoms with Crippen LogP contribution in [0.5, 0.6) is 5.75 Å². The highest BCUT2D eigenvalue weighted by molar-refractivity contribution is 7.99. The molecule has 0 atom stereocenters. The summed E-state index contributed by atoms with van der Waals surface area (Å²) in [7, 11) is 0. The van der Waals surface area contributed by atoms with Gasteiger partial charge in [-0.25, -0.2) is 4.39 Å². The van der Waals surface area contributed by atoms with Crippen molar-refractivity contribution in [3.05, 3.63) is 36.1 Å². The van der Waals surface area contributed by atoms with Crippen LogP contribution in [0.4, 0.5) is 4.39 Å². The summed E-state index contributed by atoms with van der Waals surface area (Å²) in [6.07, 6.45) is 0.0164. The van der Waals surface area contributed by atoms with Crippen LogP contribution < -0.4 is 0 Å². The summed E-state index contributed by atoms with van der Waals surface area (Å²) in [5.41, 5.74) is 0.398. The molecule has 0 spiro atoms. The number of carboxylic acid groups (broad SMARTS) is 1. The van der Waals surface area contributed by atoms with Gasteiger partial charge in [-0.3, -0.25) is 9.89 Å². The van der Waals surface area contributed by atoms with E-state index in [1.807, 2.05) is 0 Å². The quantitative estimate of drug-likeness (QED) is 0.586. The number of furan rings is 1. The van der Waals surface area contributed by atoms with Gasteiger partial charge in [0.25, 0.3) is 0 Å². The molecule has 2 aromatic heterocycles. The molecular formula is C15H12FN3O4S. The number of carbonyl (C=O) groups is 1. The lowest BCUT2D eigenvalue weighted by atomic mass is 10.1. The smallest absolute Gasteiger partial charge is 0.304 e. The molecule has 2 heterocycles. The maximum Gasteiger partial charge on any atom is 0.304 e. The number of aromatic amines is 1. The maximum atomic E-state index is 13.3. The molecule has 9 heteroatoms. The van der Waals surface area contributed by atoms with Crippen LogP contribution in [0.3, 0.4) is 0 Å². The molecule has 0 aliphatic heterocycles. The molecule has 3 aromatic rings. The number of benzene rings is 1. The topological polar surface area (TPSA) is 112 Å². The molecule has 0 saturated carbocycles. The highest BCUT2D eigenvalue weighted by atomic mass is 32.2. The zero-order valence-electron chi connectivity index (χ0n) is 12.2. The fourth-order valence-corrected chi connectivity index (χ4v) is 2.71. The van der Waals surface area contributed by atoms with Gasteiger partial charge in [0.2, 0.25) is 5.16 Å². The van der Waals surface area contributed by atoms with Gasteiger partial charge in [-0.2, -0.15) is 4.98 Å². The van der Waals surface area contributed by atoms with Gasteiger partial charge in [-0.05, 0) is 24.3 Å². The highest BCUT2D eigenvalue weighted by Crippen LogP contribution is 2.30. The molecule has 0 unspecified atom stereocenters. The van der Waals surface area contributed by atoms with Crippen molar-refractivity contribution in [2.24, 2.45) is 0 Å². The van der Waals surface area contributed by atoms with E-state index < -0.39 is 11.8 Å². The number of phenols is 1. The Labute approximate surface area is 139 Å². The first-order chi connectivity index (χ1) is 11.5. The number of H-pyrrole nitrogens is 1. The molecule has 3 N–H and O–H groups in total. The van der Waals surface area contributed by atoms with E-state index in [2.05, 4.69) is 15.2 Å². The van der Waals surface area contributed by atoms with E-state index in [1.165, 1.54) is 23.9 Å². The molecular weight excluding hydrogens is 337 g/mol. The number of hydrogen-bond acceptors (Lipinski definition) is 6. The van der Waals surface area contributed by atoms with Gasteiger partial charge in [0.1, 0.15) is 17.3 Å². The highest BCUT2D eigenvalue weighted by Gasteiger charge is 2.13. The summed E-state index contributed by atoms with van der Waals surface area (Å²) in [5.74, 6) is -0.146. The number of thioether (sulfide) groups is 1. The lowest BCUT2D eigenvalue weighted by Gasteiger charge is -1.99. The summed E-state index contributed by atoms with van der Waals surface area (Å²) >= 11 is 1.21. The SMILES string of the molecule is O=C(O)CCSc1n[nH]c(-c2ccc(-c3cc(O)cc(F)c3)o2)n1. The van der Waals surface area contributed by atoms with Gasteiger partial charge in [0.05, 0.1) is 6.42 Å². The van der Waals surface area contributed by atoms with E-state index in [-0.39, 0.29) is 12.2 Å². The number of aromatic nitrogens is 3. The zero-order valence-corrected chi connectivity index (χ0v) is 13.0. The molecule has 3 rings (SSSR count). The van der Waals surface area contributed by atoms with Gasteiger partial charge in [0, 0.05) is 17.4 Å². The summed E-state index contributed by atoms with van der Waals surface area (Å²) in [4.78, 5) is 14.7. The summed E-state index contributed by atoms with van der Waals surface area (Å²) in [5, 5.41) is 25.1. The molecule has 0 aliphatic rings. The third-order valence-electron chi connectivity index (χ3n) is 3.02. The Hall–Kier alpha value is -2.81. The minimum atomic E-state index is -0.882. The van der Waals surface area contributed by atoms with Crippen LogP contribution in [-0.4, -0.2) is 37.1 Å². The molecule has 124 valence electrons. The van der Waals surface area contributed by atoms with Crippen molar-refractivity contribution in [1.29, 1.82) is 0 Å². The Morgan fingerprint density at radius 1 is 1.29 bits per heavy atom. The van der Waals surface area contributed by atoms with Gasteiger partial charge < -0.3 is 14.6 Å². The standard InChI is InChI=1S/C15H12FN3O4S/c16-9-5-8(6-10(20)7-9)11-1-2-12(23-11)14-17-15(19-18-14)24-4-3-13(21)22/h1-2,5-7,20H,3-4H2,(H,21,22)(H,17,18,19). The van der Waals surface area contributed by atoms with Crippen LogP contribution in [0.15, 0.2) is 39.9 Å². The Balaban J connectivity index is 1.76. The molecule has 0 bridgehead atoms. The van der Waals surface area contributed by atoms with E-state index in [1.54, 1.807) is 12.1 Å². The van der Waals surface area contributed by atoms with Crippen LogP contribution >= 0.6 is 11.8 Å². The Morgan fingerprint density at radius 2 is 2.08 bits per heavy atom. The van der Waals surface area contributed by atoms with Crippen LogP contribution in [0.25, 0.3) is 22.9 Å². The lowest BCUT2D eigenvalue weighted by Crippen LogP contribution is -1.95. The second-order valence-electron chi connectivity index (χ2n) is 4.82. The minimum Gasteiger partial charge on any atom is -0.508 e. The maximum absolute atomic E-state index is 13.3. The second-order valence-corrected chi connectivity index (χ2v) is 5.88. The third kappa shape index (κ3) is 3.74. The van der Waals surface area contributed by atoms with Crippen molar-refractivity contribution in [2.45, 2.75) is 11.6 Å². The van der Waals surface area contributed by atoms with Crippen molar-refractivity contribution in [3.63, 3.8) is 0 Å². The van der Waals surface area contributed by atoms with Crippen LogP contribution in [0.2, 0.25) is 0 Å². The Kier molecular flexibility index (Phi) is 4.52. The first-order valence-electron chi connectivity index (χ1n) is 6.88. The number of halogens is 1. The average Bonchev–Trinajstić information content (AvgIpc) is 3.14. The molecule has 0 fully saturated rings. The fraction of sp³-hybridized carbons (Fsp3) is 0.133. The molecule has 7 nitrogen and oxygen atoms in total. The molecule has 0 saturated heterocycles. The van der Waals surface area contributed by atoms with Crippen LogP contribution in [0, 0.1) is 5.82 Å². The average molecular weight is 349 g/mol. The number of hydrogen-bond donors (Lipinski definition) is 3. The number of aliphatic carboxylic acids is 1. The number of carboxylic acids is 1. The van der Waals surface area contributed by atoms with E-state index in [4.69, 9.17) is 9.52 Å². The number of nitrogens with zero attached hydrogens (tertiary/aromatic N) is 2. The van der Waals surface area contributed by atoms with Crippen molar-refractivity contribution < 1.29 is 23.8 Å². The van der Waals surface area contributed by atoms with E-state index in [9.17, 15) is 14.3 Å². The van der Waals surface area contributed by atoms with Gasteiger partial charge >= 0.3 is 5.97 Å². The fourth-order valence-electron chi connectivity index (χ4n) is 1.99. The van der Waals surface area contributed by atoms with Crippen molar-refractivity contribution >= 4 is 17.7 Å². The van der Waals surface area contributed by atoms with E-state index >= 15 is 0 Å². The van der Waals surface area contributed by atoms with Gasteiger partial charge in [-0.15, -0.1) is 5.10 Å².